The van der Waals surface area contributed by atoms with Gasteiger partial charge in [0, 0.05) is 18.7 Å². The molecule has 0 aliphatic rings. The number of carbonyl (C=O) groups excluding carboxylic acids is 1. The van der Waals surface area contributed by atoms with E-state index in [1.807, 2.05) is 13.0 Å². The first-order valence-corrected chi connectivity index (χ1v) is 5.42. The first-order chi connectivity index (χ1) is 8.60. The maximum atomic E-state index is 11.9. The molecule has 2 rings (SSSR count). The third kappa shape index (κ3) is 2.38. The smallest absolute Gasteiger partial charge is 0.256 e. The lowest BCUT2D eigenvalue weighted by Crippen LogP contribution is -2.14. The molecule has 1 amide bonds. The van der Waals surface area contributed by atoms with Crippen LogP contribution in [-0.4, -0.2) is 15.7 Å². The molecule has 1 N–H and O–H groups in total. The van der Waals surface area contributed by atoms with Gasteiger partial charge in [-0.25, -0.2) is 0 Å². The second-order valence-corrected chi connectivity index (χ2v) is 3.94. The van der Waals surface area contributed by atoms with Gasteiger partial charge in [-0.05, 0) is 31.2 Å². The zero-order valence-corrected chi connectivity index (χ0v) is 10.1. The highest BCUT2D eigenvalue weighted by Gasteiger charge is 2.09. The average Bonchev–Trinajstić information content (AvgIpc) is 2.68. The summed E-state index contributed by atoms with van der Waals surface area (Å²) in [5.74, 6) is 0.421. The third-order valence-corrected chi connectivity index (χ3v) is 2.52. The number of nitrogens with zero attached hydrogens (tertiary/aromatic N) is 3. The van der Waals surface area contributed by atoms with Crippen LogP contribution >= 0.6 is 0 Å². The van der Waals surface area contributed by atoms with E-state index < -0.39 is 0 Å². The zero-order valence-electron chi connectivity index (χ0n) is 10.1. The minimum atomic E-state index is -0.220. The molecule has 0 radical (unpaired) electrons. The molecule has 0 aliphatic heterocycles. The maximum absolute atomic E-state index is 11.9. The van der Waals surface area contributed by atoms with Crippen molar-refractivity contribution in [3.8, 4) is 6.07 Å². The van der Waals surface area contributed by atoms with Crippen molar-refractivity contribution in [3.63, 3.8) is 0 Å². The summed E-state index contributed by atoms with van der Waals surface area (Å²) in [6, 6.07) is 10.3. The lowest BCUT2D eigenvalue weighted by Gasteiger charge is -2.04. The van der Waals surface area contributed by atoms with Gasteiger partial charge in [0.15, 0.2) is 0 Å². The van der Waals surface area contributed by atoms with Crippen molar-refractivity contribution in [3.05, 3.63) is 47.2 Å². The summed E-state index contributed by atoms with van der Waals surface area (Å²) in [4.78, 5) is 11.9. The molecule has 0 saturated carbocycles. The quantitative estimate of drug-likeness (QED) is 0.870. The van der Waals surface area contributed by atoms with E-state index in [1.54, 1.807) is 42.1 Å². The first-order valence-electron chi connectivity index (χ1n) is 5.42. The molecule has 0 saturated heterocycles. The normalized spacial score (nSPS) is 9.83. The molecule has 1 aromatic carbocycles. The molecule has 0 spiro atoms. The topological polar surface area (TPSA) is 70.7 Å². The summed E-state index contributed by atoms with van der Waals surface area (Å²) < 4.78 is 1.61. The van der Waals surface area contributed by atoms with E-state index in [0.29, 0.717) is 16.9 Å². The van der Waals surface area contributed by atoms with Gasteiger partial charge in [0.25, 0.3) is 5.91 Å². The Hall–Kier alpha value is -2.61. The highest BCUT2D eigenvalue weighted by molar-refractivity contribution is 6.03. The van der Waals surface area contributed by atoms with Gasteiger partial charge < -0.3 is 5.32 Å². The van der Waals surface area contributed by atoms with Crippen LogP contribution in [0.25, 0.3) is 0 Å². The van der Waals surface area contributed by atoms with Crippen LogP contribution < -0.4 is 5.32 Å². The Labute approximate surface area is 105 Å². The Balaban J connectivity index is 2.17. The molecule has 90 valence electrons. The van der Waals surface area contributed by atoms with Crippen molar-refractivity contribution < 1.29 is 4.79 Å². The fourth-order valence-corrected chi connectivity index (χ4v) is 1.61. The fourth-order valence-electron chi connectivity index (χ4n) is 1.61. The van der Waals surface area contributed by atoms with Crippen LogP contribution in [0.4, 0.5) is 5.82 Å². The summed E-state index contributed by atoms with van der Waals surface area (Å²) in [6.07, 6.45) is 0. The minimum absolute atomic E-state index is 0.220. The lowest BCUT2D eigenvalue weighted by molar-refractivity contribution is 0.102. The van der Waals surface area contributed by atoms with Crippen molar-refractivity contribution in [1.29, 1.82) is 5.26 Å². The number of aryl methyl sites for hydroxylation is 2. The summed E-state index contributed by atoms with van der Waals surface area (Å²) in [6.45, 7) is 1.86. The number of benzene rings is 1. The van der Waals surface area contributed by atoms with Crippen LogP contribution in [-0.2, 0) is 7.05 Å². The van der Waals surface area contributed by atoms with E-state index >= 15 is 0 Å². The number of hydrogen-bond acceptors (Lipinski definition) is 3. The molecule has 0 atom stereocenters. The van der Waals surface area contributed by atoms with E-state index in [-0.39, 0.29) is 5.91 Å². The van der Waals surface area contributed by atoms with E-state index in [2.05, 4.69) is 10.4 Å². The van der Waals surface area contributed by atoms with Gasteiger partial charge in [0.1, 0.15) is 5.82 Å². The second-order valence-electron chi connectivity index (χ2n) is 3.94. The second kappa shape index (κ2) is 4.72. The highest BCUT2D eigenvalue weighted by Crippen LogP contribution is 2.11. The van der Waals surface area contributed by atoms with Crippen LogP contribution in [0.3, 0.4) is 0 Å². The van der Waals surface area contributed by atoms with E-state index in [1.165, 1.54) is 0 Å². The Morgan fingerprint density at radius 1 is 1.39 bits per heavy atom. The van der Waals surface area contributed by atoms with E-state index in [9.17, 15) is 4.79 Å². The Kier molecular flexibility index (Phi) is 3.11. The number of aromatic nitrogens is 2. The third-order valence-electron chi connectivity index (χ3n) is 2.52. The Morgan fingerprint density at radius 2 is 2.06 bits per heavy atom. The molecule has 2 aromatic rings. The van der Waals surface area contributed by atoms with Crippen LogP contribution in [0.2, 0.25) is 0 Å². The number of anilines is 1. The molecule has 0 bridgehead atoms. The molecule has 18 heavy (non-hydrogen) atoms. The average molecular weight is 240 g/mol. The lowest BCUT2D eigenvalue weighted by atomic mass is 10.1. The molecular formula is C13H12N4O. The molecule has 1 aromatic heterocycles. The number of rotatable bonds is 2. The molecule has 1 heterocycles. The van der Waals surface area contributed by atoms with Crippen molar-refractivity contribution in [2.24, 2.45) is 7.05 Å². The van der Waals surface area contributed by atoms with Crippen LogP contribution in [0, 0.1) is 18.3 Å². The zero-order chi connectivity index (χ0) is 13.1. The van der Waals surface area contributed by atoms with Gasteiger partial charge in [-0.3, -0.25) is 9.48 Å². The van der Waals surface area contributed by atoms with Crippen LogP contribution in [0.1, 0.15) is 21.6 Å². The summed E-state index contributed by atoms with van der Waals surface area (Å²) in [5, 5.41) is 15.6. The molecular weight excluding hydrogens is 228 g/mol. The van der Waals surface area contributed by atoms with E-state index in [4.69, 9.17) is 5.26 Å². The van der Waals surface area contributed by atoms with E-state index in [0.717, 1.165) is 5.69 Å². The Morgan fingerprint density at radius 3 is 2.56 bits per heavy atom. The molecule has 0 aliphatic carbocycles. The highest BCUT2D eigenvalue weighted by atomic mass is 16.1. The predicted molar refractivity (Wildman–Crippen MR) is 67.1 cm³/mol. The minimum Gasteiger partial charge on any atom is -0.307 e. The van der Waals surface area contributed by atoms with Crippen molar-refractivity contribution in [1.82, 2.24) is 9.78 Å². The fraction of sp³-hybridized carbons (Fsp3) is 0.154. The maximum Gasteiger partial charge on any atom is 0.256 e. The molecule has 0 unspecified atom stereocenters. The molecule has 0 fully saturated rings. The SMILES string of the molecule is Cc1cc(NC(=O)c2ccc(C#N)cc2)n(C)n1. The van der Waals surface area contributed by atoms with Gasteiger partial charge in [0.05, 0.1) is 17.3 Å². The molecule has 5 heteroatoms. The first kappa shape index (κ1) is 11.9. The standard InChI is InChI=1S/C13H12N4O/c1-9-7-12(17(2)16-9)15-13(18)11-5-3-10(8-14)4-6-11/h3-7H,1-2H3,(H,15,18). The predicted octanol–water partition coefficient (Wildman–Crippen LogP) is 1.85. The molecule has 5 nitrogen and oxygen atoms in total. The summed E-state index contributed by atoms with van der Waals surface area (Å²) >= 11 is 0. The van der Waals surface area contributed by atoms with Crippen molar-refractivity contribution >= 4 is 11.7 Å². The summed E-state index contributed by atoms with van der Waals surface area (Å²) in [5.41, 5.74) is 1.88. The van der Waals surface area contributed by atoms with Gasteiger partial charge in [-0.2, -0.15) is 10.4 Å². The number of amides is 1. The van der Waals surface area contributed by atoms with Crippen LogP contribution in [0.15, 0.2) is 30.3 Å². The number of nitriles is 1. The van der Waals surface area contributed by atoms with Crippen LogP contribution in [0.5, 0.6) is 0 Å². The summed E-state index contributed by atoms with van der Waals surface area (Å²) in [7, 11) is 1.77. The number of nitrogens with one attached hydrogen (secondary N) is 1. The van der Waals surface area contributed by atoms with Crippen molar-refractivity contribution in [2.75, 3.05) is 5.32 Å². The largest absolute Gasteiger partial charge is 0.307 e. The number of hydrogen-bond donors (Lipinski definition) is 1. The number of carbonyl (C=O) groups is 1. The van der Waals surface area contributed by atoms with Gasteiger partial charge in [-0.15, -0.1) is 0 Å². The monoisotopic (exact) mass is 240 g/mol. The van der Waals surface area contributed by atoms with Gasteiger partial charge >= 0.3 is 0 Å². The van der Waals surface area contributed by atoms with Crippen molar-refractivity contribution in [2.45, 2.75) is 6.92 Å². The van der Waals surface area contributed by atoms with Gasteiger partial charge in [-0.1, -0.05) is 0 Å². The Bertz CT molecular complexity index is 619. The van der Waals surface area contributed by atoms with Gasteiger partial charge in [0.2, 0.25) is 0 Å².